The second kappa shape index (κ2) is 8.06. The monoisotopic (exact) mass is 391 g/mol. The maximum absolute atomic E-state index is 6.55. The Bertz CT molecular complexity index is 813. The van der Waals surface area contributed by atoms with Gasteiger partial charge in [0.2, 0.25) is 5.95 Å². The van der Waals surface area contributed by atoms with Crippen LogP contribution in [-0.2, 0) is 13.0 Å². The van der Waals surface area contributed by atoms with Crippen molar-refractivity contribution in [1.29, 1.82) is 0 Å². The predicted molar refractivity (Wildman–Crippen MR) is 113 cm³/mol. The fourth-order valence-electron chi connectivity index (χ4n) is 3.89. The summed E-state index contributed by atoms with van der Waals surface area (Å²) in [6.45, 7) is 10.5. The van der Waals surface area contributed by atoms with E-state index in [4.69, 9.17) is 28.2 Å². The van der Waals surface area contributed by atoms with Crippen molar-refractivity contribution in [2.45, 2.75) is 59.9 Å². The minimum absolute atomic E-state index is 0.671. The van der Waals surface area contributed by atoms with E-state index in [1.165, 1.54) is 17.0 Å². The number of benzene rings is 1. The van der Waals surface area contributed by atoms with Gasteiger partial charge in [0.15, 0.2) is 0 Å². The smallest absolute Gasteiger partial charge is 0.210 e. The molecule has 1 aliphatic heterocycles. The van der Waals surface area contributed by atoms with Crippen molar-refractivity contribution in [3.05, 3.63) is 45.2 Å². The zero-order valence-corrected chi connectivity index (χ0v) is 17.6. The number of hydrogen-bond donors (Lipinski definition) is 0. The molecule has 2 aromatic rings. The molecule has 3 rings (SSSR count). The van der Waals surface area contributed by atoms with Gasteiger partial charge in [0.05, 0.1) is 22.1 Å². The molecule has 0 radical (unpaired) electrons. The van der Waals surface area contributed by atoms with Crippen LogP contribution in [0, 0.1) is 6.92 Å². The third-order valence-electron chi connectivity index (χ3n) is 4.91. The first kappa shape index (κ1) is 19.3. The van der Waals surface area contributed by atoms with Crippen LogP contribution in [0.2, 0.25) is 10.0 Å². The molecular weight excluding hydrogens is 365 g/mol. The highest BCUT2D eigenvalue weighted by molar-refractivity contribution is 6.36. The zero-order valence-electron chi connectivity index (χ0n) is 16.1. The number of aryl methyl sites for hydroxylation is 2. The van der Waals surface area contributed by atoms with Gasteiger partial charge in [0, 0.05) is 18.1 Å². The van der Waals surface area contributed by atoms with Crippen molar-refractivity contribution in [1.82, 2.24) is 9.55 Å². The molecule has 1 aliphatic rings. The zero-order chi connectivity index (χ0) is 18.8. The number of rotatable bonds is 6. The Labute approximate surface area is 166 Å². The van der Waals surface area contributed by atoms with E-state index in [0.29, 0.717) is 10.0 Å². The molecule has 3 nitrogen and oxygen atoms in total. The Morgan fingerprint density at radius 2 is 1.96 bits per heavy atom. The molecule has 5 heteroatoms. The maximum atomic E-state index is 6.55. The summed E-state index contributed by atoms with van der Waals surface area (Å²) in [6, 6.07) is 3.79. The SMILES string of the molecule is CC/C=C(/CCC)c1c(CC)nc2n1CCN2c1c(C)cc(Cl)cc1Cl. The largest absolute Gasteiger partial charge is 0.308 e. The van der Waals surface area contributed by atoms with Gasteiger partial charge in [-0.15, -0.1) is 0 Å². The van der Waals surface area contributed by atoms with E-state index >= 15 is 0 Å². The number of hydrogen-bond acceptors (Lipinski definition) is 2. The highest BCUT2D eigenvalue weighted by Gasteiger charge is 2.30. The van der Waals surface area contributed by atoms with Gasteiger partial charge in [-0.05, 0) is 49.5 Å². The Hall–Kier alpha value is -1.45. The molecule has 1 aromatic carbocycles. The molecule has 26 heavy (non-hydrogen) atoms. The lowest BCUT2D eigenvalue weighted by Gasteiger charge is -2.20. The summed E-state index contributed by atoms with van der Waals surface area (Å²) < 4.78 is 2.38. The van der Waals surface area contributed by atoms with Crippen molar-refractivity contribution in [3.8, 4) is 0 Å². The second-order valence-corrected chi connectivity index (χ2v) is 7.65. The number of anilines is 2. The minimum Gasteiger partial charge on any atom is -0.308 e. The normalized spacial score (nSPS) is 14.2. The van der Waals surface area contributed by atoms with Crippen LogP contribution < -0.4 is 4.90 Å². The fraction of sp³-hybridized carbons (Fsp3) is 0.476. The van der Waals surface area contributed by atoms with Crippen LogP contribution in [-0.4, -0.2) is 16.1 Å². The van der Waals surface area contributed by atoms with E-state index in [1.807, 2.05) is 12.1 Å². The van der Waals surface area contributed by atoms with Crippen molar-refractivity contribution in [2.75, 3.05) is 11.4 Å². The standard InChI is InChI=1S/C21H27Cl2N3/c1-5-8-15(9-6-2)20-18(7-3)24-21-25(10-11-26(20)21)19-14(4)12-16(22)13-17(19)23/h8,12-13H,5-7,9-11H2,1-4H3/b15-8-. The third-order valence-corrected chi connectivity index (χ3v) is 5.41. The van der Waals surface area contributed by atoms with E-state index in [1.54, 1.807) is 0 Å². The average Bonchev–Trinajstić information content (AvgIpc) is 3.13. The van der Waals surface area contributed by atoms with Crippen LogP contribution in [0.5, 0.6) is 0 Å². The molecule has 0 N–H and O–H groups in total. The summed E-state index contributed by atoms with van der Waals surface area (Å²) in [5.74, 6) is 1.00. The van der Waals surface area contributed by atoms with Crippen molar-refractivity contribution in [3.63, 3.8) is 0 Å². The highest BCUT2D eigenvalue weighted by atomic mass is 35.5. The number of fused-ring (bicyclic) bond motifs is 1. The minimum atomic E-state index is 0.671. The van der Waals surface area contributed by atoms with Gasteiger partial charge in [-0.3, -0.25) is 0 Å². The van der Waals surface area contributed by atoms with Gasteiger partial charge in [0.25, 0.3) is 0 Å². The van der Waals surface area contributed by atoms with Crippen LogP contribution in [0.1, 0.15) is 57.0 Å². The van der Waals surface area contributed by atoms with E-state index < -0.39 is 0 Å². The lowest BCUT2D eigenvalue weighted by molar-refractivity contribution is 0.776. The fourth-order valence-corrected chi connectivity index (χ4v) is 4.59. The summed E-state index contributed by atoms with van der Waals surface area (Å²) in [5.41, 5.74) is 6.02. The van der Waals surface area contributed by atoms with Gasteiger partial charge in [-0.2, -0.15) is 0 Å². The first-order chi connectivity index (χ1) is 12.5. The predicted octanol–water partition coefficient (Wildman–Crippen LogP) is 6.81. The molecule has 0 aliphatic carbocycles. The molecule has 0 atom stereocenters. The summed E-state index contributed by atoms with van der Waals surface area (Å²) >= 11 is 12.7. The van der Waals surface area contributed by atoms with Crippen LogP contribution in [0.4, 0.5) is 11.6 Å². The summed E-state index contributed by atoms with van der Waals surface area (Å²) in [5, 5.41) is 1.36. The van der Waals surface area contributed by atoms with E-state index in [0.717, 1.165) is 56.0 Å². The molecule has 0 unspecified atom stereocenters. The number of nitrogens with zero attached hydrogens (tertiary/aromatic N) is 3. The summed E-state index contributed by atoms with van der Waals surface area (Å²) in [7, 11) is 0. The van der Waals surface area contributed by atoms with Crippen molar-refractivity contribution in [2.24, 2.45) is 0 Å². The number of aromatic nitrogens is 2. The Balaban J connectivity index is 2.12. The molecule has 1 aromatic heterocycles. The van der Waals surface area contributed by atoms with Crippen molar-refractivity contribution >= 4 is 40.4 Å². The van der Waals surface area contributed by atoms with Gasteiger partial charge < -0.3 is 9.47 Å². The molecule has 2 heterocycles. The molecule has 0 spiro atoms. The van der Waals surface area contributed by atoms with Gasteiger partial charge in [0.1, 0.15) is 0 Å². The molecule has 0 fully saturated rings. The van der Waals surface area contributed by atoms with Crippen LogP contribution in [0.3, 0.4) is 0 Å². The molecule has 0 saturated heterocycles. The molecular formula is C21H27Cl2N3. The number of allylic oxidation sites excluding steroid dienone is 2. The number of halogens is 2. The van der Waals surface area contributed by atoms with Crippen LogP contribution >= 0.6 is 23.2 Å². The lowest BCUT2D eigenvalue weighted by Crippen LogP contribution is -2.16. The quantitative estimate of drug-likeness (QED) is 0.539. The highest BCUT2D eigenvalue weighted by Crippen LogP contribution is 2.41. The first-order valence-corrected chi connectivity index (χ1v) is 10.3. The number of imidazole rings is 1. The average molecular weight is 392 g/mol. The molecule has 0 saturated carbocycles. The molecule has 140 valence electrons. The topological polar surface area (TPSA) is 21.1 Å². The van der Waals surface area contributed by atoms with E-state index in [-0.39, 0.29) is 0 Å². The van der Waals surface area contributed by atoms with Gasteiger partial charge >= 0.3 is 0 Å². The van der Waals surface area contributed by atoms with E-state index in [9.17, 15) is 0 Å². The Morgan fingerprint density at radius 3 is 2.58 bits per heavy atom. The second-order valence-electron chi connectivity index (χ2n) is 6.80. The third kappa shape index (κ3) is 3.39. The first-order valence-electron chi connectivity index (χ1n) is 9.53. The lowest BCUT2D eigenvalue weighted by atomic mass is 10.0. The maximum Gasteiger partial charge on any atom is 0.210 e. The van der Waals surface area contributed by atoms with Crippen LogP contribution in [0.25, 0.3) is 5.57 Å². The summed E-state index contributed by atoms with van der Waals surface area (Å²) in [4.78, 5) is 7.26. The van der Waals surface area contributed by atoms with Crippen molar-refractivity contribution < 1.29 is 0 Å². The van der Waals surface area contributed by atoms with Gasteiger partial charge in [-0.25, -0.2) is 4.98 Å². The molecule has 0 amide bonds. The summed E-state index contributed by atoms with van der Waals surface area (Å²) in [6.07, 6.45) is 6.57. The molecule has 0 bridgehead atoms. The van der Waals surface area contributed by atoms with Crippen LogP contribution in [0.15, 0.2) is 18.2 Å². The Morgan fingerprint density at radius 1 is 1.19 bits per heavy atom. The van der Waals surface area contributed by atoms with E-state index in [2.05, 4.69) is 43.2 Å². The van der Waals surface area contributed by atoms with Gasteiger partial charge in [-0.1, -0.05) is 56.5 Å². The Kier molecular flexibility index (Phi) is 5.99.